The quantitative estimate of drug-likeness (QED) is 0.816. The molecule has 0 aliphatic rings. The smallest absolute Gasteiger partial charge is 0.317 e. The molecule has 0 bridgehead atoms. The van der Waals surface area contributed by atoms with Crippen LogP contribution in [0.1, 0.15) is 11.1 Å². The minimum Gasteiger partial charge on any atom is -0.492 e. The van der Waals surface area contributed by atoms with E-state index in [9.17, 15) is 4.79 Å². The van der Waals surface area contributed by atoms with Gasteiger partial charge in [0.1, 0.15) is 12.4 Å². The van der Waals surface area contributed by atoms with Gasteiger partial charge in [0, 0.05) is 18.6 Å². The Labute approximate surface area is 142 Å². The summed E-state index contributed by atoms with van der Waals surface area (Å²) >= 11 is 5.94. The van der Waals surface area contributed by atoms with Gasteiger partial charge in [-0.15, -0.1) is 0 Å². The number of ether oxygens (including phenoxy) is 1. The molecule has 2 rings (SSSR count). The highest BCUT2D eigenvalue weighted by Crippen LogP contribution is 2.12. The number of halogens is 1. The van der Waals surface area contributed by atoms with Gasteiger partial charge in [-0.2, -0.15) is 0 Å². The average Bonchev–Trinajstić information content (AvgIpc) is 2.53. The zero-order valence-corrected chi connectivity index (χ0v) is 14.1. The van der Waals surface area contributed by atoms with Gasteiger partial charge in [-0.25, -0.2) is 4.79 Å². The number of amides is 2. The largest absolute Gasteiger partial charge is 0.492 e. The molecule has 0 unspecified atom stereocenters. The van der Waals surface area contributed by atoms with Crippen molar-refractivity contribution >= 4 is 17.6 Å². The molecule has 23 heavy (non-hydrogen) atoms. The molecule has 0 heterocycles. The van der Waals surface area contributed by atoms with Gasteiger partial charge in [-0.3, -0.25) is 0 Å². The molecule has 0 radical (unpaired) electrons. The second-order valence-corrected chi connectivity index (χ2v) is 5.82. The van der Waals surface area contributed by atoms with Gasteiger partial charge in [0.2, 0.25) is 0 Å². The van der Waals surface area contributed by atoms with Crippen LogP contribution in [-0.2, 0) is 6.54 Å². The first kappa shape index (κ1) is 17.2. The van der Waals surface area contributed by atoms with Crippen LogP contribution in [0.25, 0.3) is 0 Å². The van der Waals surface area contributed by atoms with E-state index >= 15 is 0 Å². The van der Waals surface area contributed by atoms with Crippen LogP contribution in [0.3, 0.4) is 0 Å². The maximum absolute atomic E-state index is 12.0. The van der Waals surface area contributed by atoms with Crippen LogP contribution in [0.4, 0.5) is 4.79 Å². The van der Waals surface area contributed by atoms with Crippen molar-refractivity contribution < 1.29 is 9.53 Å². The van der Waals surface area contributed by atoms with Crippen molar-refractivity contribution in [3.8, 4) is 5.75 Å². The lowest BCUT2D eigenvalue weighted by Crippen LogP contribution is -2.38. The summed E-state index contributed by atoms with van der Waals surface area (Å²) in [6.45, 7) is 3.41. The first-order chi connectivity index (χ1) is 11.0. The highest BCUT2D eigenvalue weighted by Gasteiger charge is 2.08. The second kappa shape index (κ2) is 8.44. The van der Waals surface area contributed by atoms with Gasteiger partial charge in [0.05, 0.1) is 6.54 Å². The highest BCUT2D eigenvalue weighted by molar-refractivity contribution is 6.30. The fourth-order valence-corrected chi connectivity index (χ4v) is 2.29. The number of rotatable bonds is 6. The average molecular weight is 333 g/mol. The zero-order valence-electron chi connectivity index (χ0n) is 13.4. The van der Waals surface area contributed by atoms with E-state index in [1.165, 1.54) is 5.56 Å². The SMILES string of the molecule is Cc1ccc(OCCNC(=O)N(C)Cc2cccc(Cl)c2)cc1. The summed E-state index contributed by atoms with van der Waals surface area (Å²) < 4.78 is 5.57. The highest BCUT2D eigenvalue weighted by atomic mass is 35.5. The molecule has 0 fully saturated rings. The van der Waals surface area contributed by atoms with Crippen molar-refractivity contribution in [3.63, 3.8) is 0 Å². The molecule has 0 aromatic heterocycles. The third kappa shape index (κ3) is 5.83. The summed E-state index contributed by atoms with van der Waals surface area (Å²) in [7, 11) is 1.75. The molecule has 0 saturated carbocycles. The van der Waals surface area contributed by atoms with E-state index in [2.05, 4.69) is 5.32 Å². The van der Waals surface area contributed by atoms with Gasteiger partial charge in [-0.05, 0) is 36.8 Å². The molecule has 5 heteroatoms. The predicted octanol–water partition coefficient (Wildman–Crippen LogP) is 3.87. The number of benzene rings is 2. The van der Waals surface area contributed by atoms with E-state index in [1.807, 2.05) is 55.5 Å². The maximum atomic E-state index is 12.0. The third-order valence-corrected chi connectivity index (χ3v) is 3.56. The fraction of sp³-hybridized carbons (Fsp3) is 0.278. The van der Waals surface area contributed by atoms with E-state index in [-0.39, 0.29) is 6.03 Å². The summed E-state index contributed by atoms with van der Waals surface area (Å²) in [5.74, 6) is 0.803. The molecule has 2 aromatic carbocycles. The van der Waals surface area contributed by atoms with Crippen LogP contribution in [0, 0.1) is 6.92 Å². The molecular formula is C18H21ClN2O2. The van der Waals surface area contributed by atoms with Crippen LogP contribution in [0.5, 0.6) is 5.75 Å². The Hall–Kier alpha value is -2.20. The number of carbonyl (C=O) groups excluding carboxylic acids is 1. The Morgan fingerprint density at radius 2 is 1.96 bits per heavy atom. The zero-order chi connectivity index (χ0) is 16.7. The molecule has 0 aliphatic carbocycles. The van der Waals surface area contributed by atoms with Gasteiger partial charge >= 0.3 is 6.03 Å². The number of hydrogen-bond donors (Lipinski definition) is 1. The third-order valence-electron chi connectivity index (χ3n) is 3.32. The Balaban J connectivity index is 1.70. The van der Waals surface area contributed by atoms with Crippen molar-refractivity contribution in [2.24, 2.45) is 0 Å². The summed E-state index contributed by atoms with van der Waals surface area (Å²) in [5.41, 5.74) is 2.18. The van der Waals surface area contributed by atoms with E-state index in [0.29, 0.717) is 24.7 Å². The molecule has 2 aromatic rings. The molecule has 0 spiro atoms. The lowest BCUT2D eigenvalue weighted by atomic mass is 10.2. The van der Waals surface area contributed by atoms with E-state index in [0.717, 1.165) is 11.3 Å². The molecule has 4 nitrogen and oxygen atoms in total. The first-order valence-electron chi connectivity index (χ1n) is 7.47. The van der Waals surface area contributed by atoms with Gasteiger partial charge in [0.25, 0.3) is 0 Å². The molecule has 0 aliphatic heterocycles. The van der Waals surface area contributed by atoms with Crippen LogP contribution < -0.4 is 10.1 Å². The Kier molecular flexibility index (Phi) is 6.29. The number of urea groups is 1. The number of nitrogens with zero attached hydrogens (tertiary/aromatic N) is 1. The van der Waals surface area contributed by atoms with E-state index in [1.54, 1.807) is 11.9 Å². The first-order valence-corrected chi connectivity index (χ1v) is 7.85. The van der Waals surface area contributed by atoms with Gasteiger partial charge < -0.3 is 15.0 Å². The van der Waals surface area contributed by atoms with Crippen molar-refractivity contribution in [1.82, 2.24) is 10.2 Å². The number of hydrogen-bond acceptors (Lipinski definition) is 2. The predicted molar refractivity (Wildman–Crippen MR) is 93.0 cm³/mol. The van der Waals surface area contributed by atoms with Crippen molar-refractivity contribution in [1.29, 1.82) is 0 Å². The molecule has 0 saturated heterocycles. The number of aryl methyl sites for hydroxylation is 1. The lowest BCUT2D eigenvalue weighted by Gasteiger charge is -2.18. The maximum Gasteiger partial charge on any atom is 0.317 e. The van der Waals surface area contributed by atoms with E-state index < -0.39 is 0 Å². The van der Waals surface area contributed by atoms with Crippen LogP contribution in [0.2, 0.25) is 5.02 Å². The van der Waals surface area contributed by atoms with Crippen LogP contribution >= 0.6 is 11.6 Å². The van der Waals surface area contributed by atoms with Crippen molar-refractivity contribution in [2.75, 3.05) is 20.2 Å². The van der Waals surface area contributed by atoms with Crippen molar-refractivity contribution in [3.05, 3.63) is 64.7 Å². The molecule has 2 amide bonds. The molecule has 122 valence electrons. The molecular weight excluding hydrogens is 312 g/mol. The Morgan fingerprint density at radius 3 is 2.65 bits per heavy atom. The topological polar surface area (TPSA) is 41.6 Å². The summed E-state index contributed by atoms with van der Waals surface area (Å²) in [6.07, 6.45) is 0. The molecule has 0 atom stereocenters. The van der Waals surface area contributed by atoms with Crippen molar-refractivity contribution in [2.45, 2.75) is 13.5 Å². The fourth-order valence-electron chi connectivity index (χ4n) is 2.08. The minimum absolute atomic E-state index is 0.141. The number of carbonyl (C=O) groups is 1. The van der Waals surface area contributed by atoms with Gasteiger partial charge in [0.15, 0.2) is 0 Å². The minimum atomic E-state index is -0.141. The monoisotopic (exact) mass is 332 g/mol. The second-order valence-electron chi connectivity index (χ2n) is 5.38. The lowest BCUT2D eigenvalue weighted by molar-refractivity contribution is 0.203. The van der Waals surface area contributed by atoms with Crippen LogP contribution in [-0.4, -0.2) is 31.1 Å². The summed E-state index contributed by atoms with van der Waals surface area (Å²) in [5, 5.41) is 3.50. The Bertz CT molecular complexity index is 644. The Morgan fingerprint density at radius 1 is 1.22 bits per heavy atom. The standard InChI is InChI=1S/C18H21ClN2O2/c1-14-6-8-17(9-7-14)23-11-10-20-18(22)21(2)13-15-4-3-5-16(19)12-15/h3-9,12H,10-11,13H2,1-2H3,(H,20,22). The normalized spacial score (nSPS) is 10.2. The summed E-state index contributed by atoms with van der Waals surface area (Å²) in [4.78, 5) is 13.6. The molecule has 1 N–H and O–H groups in total. The number of nitrogens with one attached hydrogen (secondary N) is 1. The summed E-state index contributed by atoms with van der Waals surface area (Å²) in [6, 6.07) is 15.2. The van der Waals surface area contributed by atoms with E-state index in [4.69, 9.17) is 16.3 Å². The van der Waals surface area contributed by atoms with Crippen LogP contribution in [0.15, 0.2) is 48.5 Å². The van der Waals surface area contributed by atoms with Gasteiger partial charge in [-0.1, -0.05) is 41.4 Å².